The van der Waals surface area contributed by atoms with Gasteiger partial charge >= 0.3 is 5.97 Å². The van der Waals surface area contributed by atoms with Gasteiger partial charge in [-0.1, -0.05) is 42.0 Å². The van der Waals surface area contributed by atoms with Crippen LogP contribution in [0.2, 0.25) is 0 Å². The van der Waals surface area contributed by atoms with Gasteiger partial charge in [-0.05, 0) is 51.2 Å². The summed E-state index contributed by atoms with van der Waals surface area (Å²) in [5.41, 5.74) is 0.551. The molecular formula is C23H30O5. The van der Waals surface area contributed by atoms with Gasteiger partial charge in [0.25, 0.3) is 0 Å². The van der Waals surface area contributed by atoms with Crippen LogP contribution in [-0.4, -0.2) is 34.7 Å². The van der Waals surface area contributed by atoms with Crippen molar-refractivity contribution in [2.45, 2.75) is 58.0 Å². The van der Waals surface area contributed by atoms with E-state index >= 15 is 0 Å². The number of ether oxygens (including phenoxy) is 1. The fourth-order valence-electron chi connectivity index (χ4n) is 3.39. The molecule has 2 atom stereocenters. The number of carbonyl (C=O) groups is 2. The van der Waals surface area contributed by atoms with Crippen molar-refractivity contribution < 1.29 is 24.5 Å². The second-order valence-electron chi connectivity index (χ2n) is 7.47. The van der Waals surface area contributed by atoms with Gasteiger partial charge in [0.15, 0.2) is 0 Å². The summed E-state index contributed by atoms with van der Waals surface area (Å²) in [6, 6.07) is 9.39. The number of carboxylic acids is 1. The number of para-hydroxylation sites is 1. The number of rotatable bonds is 12. The van der Waals surface area contributed by atoms with Crippen molar-refractivity contribution in [2.75, 3.05) is 6.61 Å². The van der Waals surface area contributed by atoms with Gasteiger partial charge in [0.2, 0.25) is 0 Å². The number of carbonyl (C=O) groups excluding carboxylic acids is 1. The van der Waals surface area contributed by atoms with Crippen molar-refractivity contribution in [3.05, 3.63) is 54.1 Å². The van der Waals surface area contributed by atoms with Crippen LogP contribution < -0.4 is 4.74 Å². The van der Waals surface area contributed by atoms with Gasteiger partial charge < -0.3 is 14.9 Å². The number of aliphatic hydroxyl groups is 1. The van der Waals surface area contributed by atoms with Crippen LogP contribution in [0.5, 0.6) is 5.75 Å². The first kappa shape index (κ1) is 21.9. The van der Waals surface area contributed by atoms with Crippen LogP contribution in [0.4, 0.5) is 0 Å². The number of hydrogen-bond donors (Lipinski definition) is 2. The van der Waals surface area contributed by atoms with E-state index in [0.29, 0.717) is 38.5 Å². The summed E-state index contributed by atoms with van der Waals surface area (Å²) in [4.78, 5) is 22.9. The minimum atomic E-state index is -0.786. The second kappa shape index (κ2) is 10.8. The fraction of sp³-hybridized carbons (Fsp3) is 0.478. The second-order valence-corrected chi connectivity index (χ2v) is 7.47. The van der Waals surface area contributed by atoms with Crippen LogP contribution in [0.3, 0.4) is 0 Å². The highest BCUT2D eigenvalue weighted by Crippen LogP contribution is 2.41. The van der Waals surface area contributed by atoms with E-state index in [-0.39, 0.29) is 18.8 Å². The van der Waals surface area contributed by atoms with Gasteiger partial charge in [0, 0.05) is 12.8 Å². The maximum Gasteiger partial charge on any atom is 0.303 e. The zero-order chi connectivity index (χ0) is 20.4. The summed E-state index contributed by atoms with van der Waals surface area (Å²) < 4.78 is 5.59. The zero-order valence-electron chi connectivity index (χ0n) is 16.5. The molecule has 2 rings (SSSR count). The SMILES string of the molecule is C[C@]1(CC=CCCCC(=O)O)C(=O)CC=C1CC[C@H](O)COc1ccccc1. The molecule has 5 heteroatoms. The minimum absolute atomic E-state index is 0.161. The molecule has 1 aliphatic carbocycles. The van der Waals surface area contributed by atoms with E-state index in [0.717, 1.165) is 11.3 Å². The average Bonchev–Trinajstić information content (AvgIpc) is 2.96. The lowest BCUT2D eigenvalue weighted by atomic mass is 9.77. The van der Waals surface area contributed by atoms with Crippen molar-refractivity contribution in [1.29, 1.82) is 0 Å². The number of aliphatic carboxylic acids is 1. The third kappa shape index (κ3) is 6.64. The molecular weight excluding hydrogens is 356 g/mol. The average molecular weight is 386 g/mol. The molecule has 28 heavy (non-hydrogen) atoms. The van der Waals surface area contributed by atoms with Crippen LogP contribution in [-0.2, 0) is 9.59 Å². The molecule has 0 fully saturated rings. The molecule has 0 amide bonds. The summed E-state index contributed by atoms with van der Waals surface area (Å²) in [6.07, 6.45) is 9.06. The predicted octanol–water partition coefficient (Wildman–Crippen LogP) is 4.31. The molecule has 0 bridgehead atoms. The zero-order valence-corrected chi connectivity index (χ0v) is 16.5. The molecule has 0 unspecified atom stereocenters. The van der Waals surface area contributed by atoms with Crippen molar-refractivity contribution in [3.8, 4) is 5.75 Å². The number of ketones is 1. The Morgan fingerprint density at radius 1 is 1.29 bits per heavy atom. The molecule has 5 nitrogen and oxygen atoms in total. The van der Waals surface area contributed by atoms with Crippen molar-refractivity contribution >= 4 is 11.8 Å². The number of carboxylic acid groups (broad SMARTS) is 1. The van der Waals surface area contributed by atoms with Crippen LogP contribution in [0, 0.1) is 5.41 Å². The van der Waals surface area contributed by atoms with E-state index in [2.05, 4.69) is 0 Å². The minimum Gasteiger partial charge on any atom is -0.491 e. The molecule has 1 aromatic rings. The van der Waals surface area contributed by atoms with Crippen molar-refractivity contribution in [2.24, 2.45) is 5.41 Å². The maximum atomic E-state index is 12.4. The molecule has 0 heterocycles. The Balaban J connectivity index is 1.78. The quantitative estimate of drug-likeness (QED) is 0.413. The van der Waals surface area contributed by atoms with Crippen molar-refractivity contribution in [1.82, 2.24) is 0 Å². The Bertz CT molecular complexity index is 707. The number of allylic oxidation sites excluding steroid dienone is 4. The van der Waals surface area contributed by atoms with E-state index in [9.17, 15) is 14.7 Å². The van der Waals surface area contributed by atoms with Gasteiger partial charge in [-0.25, -0.2) is 0 Å². The van der Waals surface area contributed by atoms with E-state index in [1.807, 2.05) is 55.5 Å². The molecule has 0 spiro atoms. The lowest BCUT2D eigenvalue weighted by Crippen LogP contribution is -2.26. The third-order valence-electron chi connectivity index (χ3n) is 5.24. The van der Waals surface area contributed by atoms with Crippen LogP contribution in [0.1, 0.15) is 51.9 Å². The van der Waals surface area contributed by atoms with Gasteiger partial charge in [0.05, 0.1) is 11.5 Å². The predicted molar refractivity (Wildman–Crippen MR) is 108 cm³/mol. The van der Waals surface area contributed by atoms with Gasteiger partial charge in [-0.15, -0.1) is 0 Å². The van der Waals surface area contributed by atoms with Crippen molar-refractivity contribution in [3.63, 3.8) is 0 Å². The lowest BCUT2D eigenvalue weighted by molar-refractivity contribution is -0.137. The Morgan fingerprint density at radius 3 is 2.75 bits per heavy atom. The topological polar surface area (TPSA) is 83.8 Å². The molecule has 2 N–H and O–H groups in total. The number of benzene rings is 1. The summed E-state index contributed by atoms with van der Waals surface area (Å²) in [6.45, 7) is 2.19. The van der Waals surface area contributed by atoms with E-state index in [1.54, 1.807) is 0 Å². The van der Waals surface area contributed by atoms with Crippen LogP contribution in [0.25, 0.3) is 0 Å². The van der Waals surface area contributed by atoms with E-state index in [4.69, 9.17) is 9.84 Å². The number of hydrogen-bond acceptors (Lipinski definition) is 4. The van der Waals surface area contributed by atoms with E-state index < -0.39 is 17.5 Å². The Morgan fingerprint density at radius 2 is 2.04 bits per heavy atom. The van der Waals surface area contributed by atoms with Gasteiger partial charge in [0.1, 0.15) is 18.1 Å². The Labute approximate surface area is 166 Å². The van der Waals surface area contributed by atoms with Gasteiger partial charge in [-0.3, -0.25) is 9.59 Å². The Hall–Kier alpha value is -2.40. The largest absolute Gasteiger partial charge is 0.491 e. The maximum absolute atomic E-state index is 12.4. The Kier molecular flexibility index (Phi) is 8.45. The molecule has 0 aromatic heterocycles. The molecule has 0 saturated heterocycles. The summed E-state index contributed by atoms with van der Waals surface area (Å²) in [7, 11) is 0. The summed E-state index contributed by atoms with van der Waals surface area (Å²) in [5, 5.41) is 18.9. The van der Waals surface area contributed by atoms with Crippen LogP contribution >= 0.6 is 0 Å². The summed E-state index contributed by atoms with van der Waals surface area (Å²) >= 11 is 0. The van der Waals surface area contributed by atoms with E-state index in [1.165, 1.54) is 0 Å². The molecule has 0 aliphatic heterocycles. The smallest absolute Gasteiger partial charge is 0.303 e. The molecule has 1 aliphatic rings. The molecule has 0 saturated carbocycles. The highest BCUT2D eigenvalue weighted by Gasteiger charge is 2.38. The van der Waals surface area contributed by atoms with Gasteiger partial charge in [-0.2, -0.15) is 0 Å². The highest BCUT2D eigenvalue weighted by atomic mass is 16.5. The highest BCUT2D eigenvalue weighted by molar-refractivity contribution is 5.92. The standard InChI is InChI=1S/C23H30O5/c1-23(16-8-3-2-7-11-22(26)27)18(13-15-21(23)25)12-14-19(24)17-28-20-9-5-4-6-10-20/h3-6,8-10,13,19,24H,2,7,11-12,14-17H2,1H3,(H,26,27)/t19-,23+/m0/s1. The normalized spacial score (nSPS) is 20.4. The summed E-state index contributed by atoms with van der Waals surface area (Å²) in [5.74, 6) is 0.147. The lowest BCUT2D eigenvalue weighted by Gasteiger charge is -2.26. The first-order chi connectivity index (χ1) is 13.4. The number of unbranched alkanes of at least 4 members (excludes halogenated alkanes) is 1. The third-order valence-corrected chi connectivity index (χ3v) is 5.24. The number of aliphatic hydroxyl groups excluding tert-OH is 1. The molecule has 152 valence electrons. The fourth-order valence-corrected chi connectivity index (χ4v) is 3.39. The molecule has 1 aromatic carbocycles. The monoisotopic (exact) mass is 386 g/mol. The first-order valence-corrected chi connectivity index (χ1v) is 9.87. The molecule has 0 radical (unpaired) electrons. The van der Waals surface area contributed by atoms with Crippen LogP contribution in [0.15, 0.2) is 54.1 Å². The number of Topliss-reactive ketones (excluding diaryl/α,β-unsaturated/α-hetero) is 1. The first-order valence-electron chi connectivity index (χ1n) is 9.87.